The van der Waals surface area contributed by atoms with Crippen molar-refractivity contribution >= 4 is 31.5 Å². The van der Waals surface area contributed by atoms with Crippen LogP contribution in [0.2, 0.25) is 0 Å². The van der Waals surface area contributed by atoms with Gasteiger partial charge in [0.25, 0.3) is 0 Å². The standard InChI is InChI=1S/C33H21N3S/c1-4-12-22(13-5-1)25-18-10-19-26-27-20-11-21-28(30(27)37-29(25)26)33-35-31(23-14-6-2-7-15-23)34-32(36-33)24-16-8-3-9-17-24/h1-21H/i1D,4D,5D,12D,13D. The van der Waals surface area contributed by atoms with Crippen molar-refractivity contribution in [2.75, 3.05) is 0 Å². The molecule has 0 fully saturated rings. The van der Waals surface area contributed by atoms with Gasteiger partial charge in [0.05, 0.1) is 6.85 Å². The molecule has 7 rings (SSSR count). The summed E-state index contributed by atoms with van der Waals surface area (Å²) in [6.07, 6.45) is 0. The molecule has 0 unspecified atom stereocenters. The number of hydrogen-bond acceptors (Lipinski definition) is 4. The zero-order valence-corrected chi connectivity index (χ0v) is 20.3. The Labute approximate surface area is 225 Å². The quantitative estimate of drug-likeness (QED) is 0.244. The maximum Gasteiger partial charge on any atom is 0.165 e. The third-order valence-electron chi connectivity index (χ3n) is 6.23. The van der Waals surface area contributed by atoms with Crippen LogP contribution in [0, 0.1) is 0 Å². The summed E-state index contributed by atoms with van der Waals surface area (Å²) in [4.78, 5) is 14.6. The highest BCUT2D eigenvalue weighted by Gasteiger charge is 2.17. The van der Waals surface area contributed by atoms with E-state index in [4.69, 9.17) is 21.8 Å². The zero-order valence-electron chi connectivity index (χ0n) is 24.5. The third kappa shape index (κ3) is 3.88. The van der Waals surface area contributed by atoms with Crippen molar-refractivity contribution in [1.82, 2.24) is 15.0 Å². The second-order valence-electron chi connectivity index (χ2n) is 8.50. The summed E-state index contributed by atoms with van der Waals surface area (Å²) in [6.45, 7) is 0. The minimum atomic E-state index is -0.405. The Morgan fingerprint density at radius 3 is 1.57 bits per heavy atom. The van der Waals surface area contributed by atoms with Gasteiger partial charge in [-0.15, -0.1) is 11.3 Å². The second-order valence-corrected chi connectivity index (χ2v) is 9.53. The van der Waals surface area contributed by atoms with Gasteiger partial charge >= 0.3 is 0 Å². The number of fused-ring (bicyclic) bond motifs is 3. The number of nitrogens with zero attached hydrogens (tertiary/aromatic N) is 3. The first kappa shape index (κ1) is 16.9. The molecule has 0 amide bonds. The average Bonchev–Trinajstić information content (AvgIpc) is 3.43. The number of benzene rings is 5. The molecule has 0 radical (unpaired) electrons. The molecule has 0 aliphatic carbocycles. The highest BCUT2D eigenvalue weighted by molar-refractivity contribution is 7.26. The molecular formula is C33H21N3S. The van der Waals surface area contributed by atoms with Crippen molar-refractivity contribution in [2.45, 2.75) is 0 Å². The van der Waals surface area contributed by atoms with Crippen LogP contribution in [0.3, 0.4) is 0 Å². The van der Waals surface area contributed by atoms with E-state index in [-0.39, 0.29) is 29.7 Å². The Hall–Kier alpha value is -4.67. The molecule has 2 aromatic heterocycles. The van der Waals surface area contributed by atoms with Crippen LogP contribution in [-0.2, 0) is 0 Å². The van der Waals surface area contributed by atoms with Crippen molar-refractivity contribution in [2.24, 2.45) is 0 Å². The fraction of sp³-hybridized carbons (Fsp3) is 0. The van der Waals surface area contributed by atoms with Gasteiger partial charge in [0.15, 0.2) is 17.5 Å². The summed E-state index contributed by atoms with van der Waals surface area (Å²) in [6, 6.07) is 29.7. The Kier molecular flexibility index (Phi) is 4.15. The normalized spacial score (nSPS) is 13.1. The lowest BCUT2D eigenvalue weighted by Crippen LogP contribution is -2.00. The van der Waals surface area contributed by atoms with Gasteiger partial charge in [-0.25, -0.2) is 15.0 Å². The molecule has 7 aromatic rings. The predicted molar refractivity (Wildman–Crippen MR) is 154 cm³/mol. The van der Waals surface area contributed by atoms with Gasteiger partial charge < -0.3 is 0 Å². The van der Waals surface area contributed by atoms with E-state index in [1.54, 1.807) is 0 Å². The lowest BCUT2D eigenvalue weighted by atomic mass is 10.0. The van der Waals surface area contributed by atoms with Crippen LogP contribution < -0.4 is 0 Å². The van der Waals surface area contributed by atoms with Crippen molar-refractivity contribution < 1.29 is 6.85 Å². The third-order valence-corrected chi connectivity index (χ3v) is 7.52. The molecule has 0 atom stereocenters. The van der Waals surface area contributed by atoms with Gasteiger partial charge in [-0.05, 0) is 17.2 Å². The Morgan fingerprint density at radius 1 is 0.459 bits per heavy atom. The maximum absolute atomic E-state index is 8.58. The van der Waals surface area contributed by atoms with E-state index in [0.29, 0.717) is 23.0 Å². The largest absolute Gasteiger partial charge is 0.208 e. The molecule has 0 spiro atoms. The molecule has 5 aromatic carbocycles. The fourth-order valence-electron chi connectivity index (χ4n) is 4.51. The van der Waals surface area contributed by atoms with Crippen molar-refractivity contribution in [3.05, 3.63) is 127 Å². The molecule has 0 aliphatic rings. The second kappa shape index (κ2) is 9.08. The molecule has 4 heteroatoms. The van der Waals surface area contributed by atoms with Crippen LogP contribution in [-0.4, -0.2) is 15.0 Å². The molecule has 174 valence electrons. The first-order chi connectivity index (χ1) is 20.4. The zero-order chi connectivity index (χ0) is 29.0. The van der Waals surface area contributed by atoms with E-state index in [1.807, 2.05) is 97.1 Å². The topological polar surface area (TPSA) is 38.7 Å². The van der Waals surface area contributed by atoms with Crippen LogP contribution >= 0.6 is 11.3 Å². The van der Waals surface area contributed by atoms with Crippen molar-refractivity contribution in [3.8, 4) is 45.3 Å². The lowest BCUT2D eigenvalue weighted by molar-refractivity contribution is 1.08. The molecule has 0 aliphatic heterocycles. The van der Waals surface area contributed by atoms with Gasteiger partial charge in [-0.1, -0.05) is 121 Å². The van der Waals surface area contributed by atoms with E-state index >= 15 is 0 Å². The van der Waals surface area contributed by atoms with Crippen LogP contribution in [0.4, 0.5) is 0 Å². The molecule has 0 saturated heterocycles. The van der Waals surface area contributed by atoms with E-state index < -0.39 is 6.04 Å². The molecule has 37 heavy (non-hydrogen) atoms. The monoisotopic (exact) mass is 496 g/mol. The van der Waals surface area contributed by atoms with Crippen molar-refractivity contribution in [3.63, 3.8) is 0 Å². The molecule has 0 N–H and O–H groups in total. The Balaban J connectivity index is 1.50. The SMILES string of the molecule is [2H]c1c([2H])c([2H])c(-c2cccc3c2sc2c(-c4nc(-c5ccccc5)nc(-c5ccccc5)n4)cccc23)c([2H])c1[2H]. The average molecular weight is 497 g/mol. The minimum Gasteiger partial charge on any atom is -0.208 e. The summed E-state index contributed by atoms with van der Waals surface area (Å²) < 4.78 is 43.3. The van der Waals surface area contributed by atoms with Crippen molar-refractivity contribution in [1.29, 1.82) is 0 Å². The number of thiophene rings is 1. The van der Waals surface area contributed by atoms with Gasteiger partial charge in [0.1, 0.15) is 0 Å². The number of rotatable bonds is 4. The molecule has 2 heterocycles. The highest BCUT2D eigenvalue weighted by atomic mass is 32.1. The highest BCUT2D eigenvalue weighted by Crippen LogP contribution is 2.43. The van der Waals surface area contributed by atoms with Crippen LogP contribution in [0.5, 0.6) is 0 Å². The Morgan fingerprint density at radius 2 is 0.973 bits per heavy atom. The summed E-state index contributed by atoms with van der Waals surface area (Å²) in [7, 11) is 0. The van der Waals surface area contributed by atoms with E-state index in [9.17, 15) is 0 Å². The van der Waals surface area contributed by atoms with Gasteiger partial charge in [0.2, 0.25) is 0 Å². The maximum atomic E-state index is 8.58. The van der Waals surface area contributed by atoms with Gasteiger partial charge in [-0.2, -0.15) is 0 Å². The summed E-state index contributed by atoms with van der Waals surface area (Å²) in [5.74, 6) is 1.67. The van der Waals surface area contributed by atoms with Crippen LogP contribution in [0.25, 0.3) is 65.5 Å². The molecule has 0 bridgehead atoms. The first-order valence-electron chi connectivity index (χ1n) is 14.3. The Bertz CT molecular complexity index is 2060. The van der Waals surface area contributed by atoms with Crippen LogP contribution in [0.1, 0.15) is 6.85 Å². The minimum absolute atomic E-state index is 0.192. The van der Waals surface area contributed by atoms with E-state index in [0.717, 1.165) is 36.9 Å². The van der Waals surface area contributed by atoms with E-state index in [2.05, 4.69) is 0 Å². The number of hydrogen-bond donors (Lipinski definition) is 0. The lowest BCUT2D eigenvalue weighted by Gasteiger charge is -2.09. The molecule has 0 saturated carbocycles. The molecule has 3 nitrogen and oxygen atoms in total. The van der Waals surface area contributed by atoms with Gasteiger partial charge in [0, 0.05) is 36.9 Å². The first-order valence-corrected chi connectivity index (χ1v) is 12.6. The van der Waals surface area contributed by atoms with Crippen LogP contribution in [0.15, 0.2) is 127 Å². The smallest absolute Gasteiger partial charge is 0.165 e. The summed E-state index contributed by atoms with van der Waals surface area (Å²) >= 11 is 1.50. The number of aromatic nitrogens is 3. The summed E-state index contributed by atoms with van der Waals surface area (Å²) in [5, 5.41) is 1.91. The fourth-order valence-corrected chi connectivity index (χ4v) is 5.84. The summed E-state index contributed by atoms with van der Waals surface area (Å²) in [5.41, 5.74) is 3.38. The molecular weight excluding hydrogens is 470 g/mol. The van der Waals surface area contributed by atoms with E-state index in [1.165, 1.54) is 11.3 Å². The predicted octanol–water partition coefficient (Wildman–Crippen LogP) is 8.91. The van der Waals surface area contributed by atoms with Gasteiger partial charge in [-0.3, -0.25) is 0 Å².